The lowest BCUT2D eigenvalue weighted by Gasteiger charge is -2.17. The van der Waals surface area contributed by atoms with Gasteiger partial charge in [-0.2, -0.15) is 0 Å². The molecule has 0 amide bonds. The predicted octanol–water partition coefficient (Wildman–Crippen LogP) is 3.96. The number of likely N-dealkylation sites (N-methyl/N-ethyl adjacent to an activating group) is 1. The van der Waals surface area contributed by atoms with E-state index in [1.165, 1.54) is 11.1 Å². The fraction of sp³-hybridized carbons (Fsp3) is 0.250. The van der Waals surface area contributed by atoms with Crippen molar-refractivity contribution in [2.45, 2.75) is 12.5 Å². The van der Waals surface area contributed by atoms with Gasteiger partial charge in [-0.05, 0) is 52.7 Å². The topological polar surface area (TPSA) is 21.3 Å². The molecule has 0 aliphatic carbocycles. The molecule has 0 saturated heterocycles. The van der Waals surface area contributed by atoms with E-state index in [0.29, 0.717) is 6.04 Å². The van der Waals surface area contributed by atoms with E-state index in [2.05, 4.69) is 57.6 Å². The Kier molecular flexibility index (Phi) is 5.00. The quantitative estimate of drug-likeness (QED) is 0.900. The van der Waals surface area contributed by atoms with Crippen LogP contribution in [0.25, 0.3) is 0 Å². The summed E-state index contributed by atoms with van der Waals surface area (Å²) < 4.78 is 6.25. The average molecular weight is 320 g/mol. The second-order valence-corrected chi connectivity index (χ2v) is 5.28. The Morgan fingerprint density at radius 3 is 2.47 bits per heavy atom. The maximum Gasteiger partial charge on any atom is 0.133 e. The highest BCUT2D eigenvalue weighted by Gasteiger charge is 2.10. The number of ether oxygens (including phenoxy) is 1. The van der Waals surface area contributed by atoms with Crippen molar-refractivity contribution < 1.29 is 4.74 Å². The van der Waals surface area contributed by atoms with Crippen LogP contribution >= 0.6 is 15.9 Å². The normalized spacial score (nSPS) is 12.2. The Morgan fingerprint density at radius 2 is 1.89 bits per heavy atom. The summed E-state index contributed by atoms with van der Waals surface area (Å²) in [7, 11) is 3.68. The summed E-state index contributed by atoms with van der Waals surface area (Å²) >= 11 is 3.53. The molecular weight excluding hydrogens is 302 g/mol. The van der Waals surface area contributed by atoms with Gasteiger partial charge in [-0.15, -0.1) is 0 Å². The van der Waals surface area contributed by atoms with Crippen molar-refractivity contribution in [3.05, 3.63) is 64.1 Å². The van der Waals surface area contributed by atoms with Crippen molar-refractivity contribution in [3.8, 4) is 5.75 Å². The molecule has 0 spiro atoms. The molecule has 3 heteroatoms. The smallest absolute Gasteiger partial charge is 0.133 e. The highest BCUT2D eigenvalue weighted by Crippen LogP contribution is 2.27. The van der Waals surface area contributed by atoms with Crippen molar-refractivity contribution in [1.82, 2.24) is 5.32 Å². The second kappa shape index (κ2) is 6.73. The maximum absolute atomic E-state index is 5.25. The SMILES string of the molecule is CNC(Cc1ccc(OC)c(Br)c1)c1ccccc1. The lowest BCUT2D eigenvalue weighted by atomic mass is 9.99. The Labute approximate surface area is 122 Å². The summed E-state index contributed by atoms with van der Waals surface area (Å²) in [5.74, 6) is 0.865. The van der Waals surface area contributed by atoms with Crippen LogP contribution in [0.2, 0.25) is 0 Å². The molecule has 0 heterocycles. The zero-order chi connectivity index (χ0) is 13.7. The Hall–Kier alpha value is -1.32. The first-order chi connectivity index (χ1) is 9.24. The van der Waals surface area contributed by atoms with Crippen LogP contribution in [0.1, 0.15) is 17.2 Å². The molecule has 0 aliphatic heterocycles. The van der Waals surface area contributed by atoms with E-state index < -0.39 is 0 Å². The van der Waals surface area contributed by atoms with E-state index in [4.69, 9.17) is 4.74 Å². The fourth-order valence-corrected chi connectivity index (χ4v) is 2.73. The van der Waals surface area contributed by atoms with E-state index >= 15 is 0 Å². The van der Waals surface area contributed by atoms with Crippen LogP contribution in [0.15, 0.2) is 53.0 Å². The first-order valence-electron chi connectivity index (χ1n) is 6.29. The standard InChI is InChI=1S/C16H18BrNO/c1-18-15(13-6-4-3-5-7-13)11-12-8-9-16(19-2)14(17)10-12/h3-10,15,18H,11H2,1-2H3. The molecule has 0 aliphatic rings. The molecule has 0 radical (unpaired) electrons. The predicted molar refractivity (Wildman–Crippen MR) is 82.6 cm³/mol. The van der Waals surface area contributed by atoms with Crippen molar-refractivity contribution >= 4 is 15.9 Å². The van der Waals surface area contributed by atoms with Gasteiger partial charge in [-0.3, -0.25) is 0 Å². The molecule has 0 fully saturated rings. The number of rotatable bonds is 5. The van der Waals surface area contributed by atoms with Crippen molar-refractivity contribution in [3.63, 3.8) is 0 Å². The lowest BCUT2D eigenvalue weighted by Crippen LogP contribution is -2.18. The number of hydrogen-bond donors (Lipinski definition) is 1. The van der Waals surface area contributed by atoms with Crippen LogP contribution in [0.5, 0.6) is 5.75 Å². The van der Waals surface area contributed by atoms with Gasteiger partial charge in [0.1, 0.15) is 5.75 Å². The van der Waals surface area contributed by atoms with E-state index in [-0.39, 0.29) is 0 Å². The minimum absolute atomic E-state index is 0.321. The lowest BCUT2D eigenvalue weighted by molar-refractivity contribution is 0.412. The Morgan fingerprint density at radius 1 is 1.16 bits per heavy atom. The molecule has 19 heavy (non-hydrogen) atoms. The van der Waals surface area contributed by atoms with Gasteiger partial charge in [0, 0.05) is 6.04 Å². The van der Waals surface area contributed by atoms with Gasteiger partial charge in [0.15, 0.2) is 0 Å². The molecule has 2 aromatic rings. The van der Waals surface area contributed by atoms with E-state index in [9.17, 15) is 0 Å². The Balaban J connectivity index is 2.17. The van der Waals surface area contributed by atoms with Crippen LogP contribution in [0.3, 0.4) is 0 Å². The van der Waals surface area contributed by atoms with Crippen LogP contribution in [-0.2, 0) is 6.42 Å². The zero-order valence-corrected chi connectivity index (χ0v) is 12.8. The first-order valence-corrected chi connectivity index (χ1v) is 7.08. The van der Waals surface area contributed by atoms with Gasteiger partial charge in [-0.1, -0.05) is 36.4 Å². The third-order valence-electron chi connectivity index (χ3n) is 3.21. The molecule has 1 unspecified atom stereocenters. The van der Waals surface area contributed by atoms with Crippen LogP contribution in [-0.4, -0.2) is 14.2 Å². The van der Waals surface area contributed by atoms with Gasteiger partial charge in [-0.25, -0.2) is 0 Å². The van der Waals surface area contributed by atoms with E-state index in [1.807, 2.05) is 19.2 Å². The summed E-state index contributed by atoms with van der Waals surface area (Å²) in [6.45, 7) is 0. The van der Waals surface area contributed by atoms with Crippen LogP contribution in [0, 0.1) is 0 Å². The number of methoxy groups -OCH3 is 1. The van der Waals surface area contributed by atoms with Crippen molar-refractivity contribution in [2.75, 3.05) is 14.2 Å². The minimum Gasteiger partial charge on any atom is -0.496 e. The zero-order valence-electron chi connectivity index (χ0n) is 11.2. The van der Waals surface area contributed by atoms with Gasteiger partial charge < -0.3 is 10.1 Å². The van der Waals surface area contributed by atoms with Gasteiger partial charge in [0.25, 0.3) is 0 Å². The maximum atomic E-state index is 5.25. The fourth-order valence-electron chi connectivity index (χ4n) is 2.14. The molecule has 0 bridgehead atoms. The third kappa shape index (κ3) is 3.58. The molecular formula is C16H18BrNO. The summed E-state index contributed by atoms with van der Waals surface area (Å²) in [5.41, 5.74) is 2.58. The number of halogens is 1. The highest BCUT2D eigenvalue weighted by molar-refractivity contribution is 9.10. The third-order valence-corrected chi connectivity index (χ3v) is 3.83. The second-order valence-electron chi connectivity index (χ2n) is 4.42. The molecule has 2 aromatic carbocycles. The summed E-state index contributed by atoms with van der Waals surface area (Å²) in [6, 6.07) is 17.0. The Bertz CT molecular complexity index is 528. The monoisotopic (exact) mass is 319 g/mol. The molecule has 2 rings (SSSR count). The summed E-state index contributed by atoms with van der Waals surface area (Å²) in [6.07, 6.45) is 0.948. The number of hydrogen-bond acceptors (Lipinski definition) is 2. The van der Waals surface area contributed by atoms with Gasteiger partial charge in [0.2, 0.25) is 0 Å². The molecule has 100 valence electrons. The molecule has 0 aromatic heterocycles. The largest absolute Gasteiger partial charge is 0.496 e. The highest BCUT2D eigenvalue weighted by atomic mass is 79.9. The van der Waals surface area contributed by atoms with Gasteiger partial charge >= 0.3 is 0 Å². The first kappa shape index (κ1) is 14.1. The van der Waals surface area contributed by atoms with Crippen molar-refractivity contribution in [2.24, 2.45) is 0 Å². The molecule has 1 atom stereocenters. The van der Waals surface area contributed by atoms with Crippen molar-refractivity contribution in [1.29, 1.82) is 0 Å². The molecule has 0 saturated carbocycles. The molecule has 1 N–H and O–H groups in total. The van der Waals surface area contributed by atoms with E-state index in [0.717, 1.165) is 16.6 Å². The van der Waals surface area contributed by atoms with Crippen LogP contribution < -0.4 is 10.1 Å². The number of nitrogens with one attached hydrogen (secondary N) is 1. The summed E-state index contributed by atoms with van der Waals surface area (Å²) in [5, 5.41) is 3.37. The molecule has 2 nitrogen and oxygen atoms in total. The average Bonchev–Trinajstić information content (AvgIpc) is 2.46. The van der Waals surface area contributed by atoms with Gasteiger partial charge in [0.05, 0.1) is 11.6 Å². The summed E-state index contributed by atoms with van der Waals surface area (Å²) in [4.78, 5) is 0. The number of benzene rings is 2. The van der Waals surface area contributed by atoms with Crippen LogP contribution in [0.4, 0.5) is 0 Å². The van der Waals surface area contributed by atoms with E-state index in [1.54, 1.807) is 7.11 Å². The minimum atomic E-state index is 0.321.